The van der Waals surface area contributed by atoms with Gasteiger partial charge in [-0.05, 0) is 46.0 Å². The molecule has 0 aliphatic heterocycles. The number of carboxylic acid groups (broad SMARTS) is 1. The lowest BCUT2D eigenvalue weighted by Crippen LogP contribution is -2.43. The molecule has 1 amide bonds. The topological polar surface area (TPSA) is 95.9 Å². The molecule has 6 nitrogen and oxygen atoms in total. The Bertz CT molecular complexity index is 1100. The number of nitrogens with one attached hydrogen (secondary N) is 1. The van der Waals surface area contributed by atoms with Crippen LogP contribution in [0.4, 0.5) is 9.18 Å². The molecule has 0 spiro atoms. The van der Waals surface area contributed by atoms with Crippen molar-refractivity contribution >= 4 is 12.1 Å². The van der Waals surface area contributed by atoms with Crippen molar-refractivity contribution in [1.29, 1.82) is 0 Å². The van der Waals surface area contributed by atoms with Gasteiger partial charge in [0.25, 0.3) is 0 Å². The zero-order valence-corrected chi connectivity index (χ0v) is 16.4. The number of carboxylic acids is 1. The van der Waals surface area contributed by atoms with Gasteiger partial charge in [0, 0.05) is 12.3 Å². The van der Waals surface area contributed by atoms with E-state index in [1.807, 2.05) is 48.5 Å². The molecule has 4 rings (SSSR count). The van der Waals surface area contributed by atoms with Crippen LogP contribution in [0, 0.1) is 5.82 Å². The summed E-state index contributed by atoms with van der Waals surface area (Å²) in [4.78, 5) is 23.9. The molecule has 0 saturated heterocycles. The first-order valence-corrected chi connectivity index (χ1v) is 9.75. The lowest BCUT2D eigenvalue weighted by molar-refractivity contribution is -0.139. The highest BCUT2D eigenvalue weighted by atomic mass is 19.1. The van der Waals surface area contributed by atoms with Crippen LogP contribution in [0.5, 0.6) is 5.75 Å². The molecule has 0 aromatic heterocycles. The van der Waals surface area contributed by atoms with E-state index in [1.54, 1.807) is 0 Å². The minimum absolute atomic E-state index is 0.0219. The fourth-order valence-electron chi connectivity index (χ4n) is 3.92. The number of phenolic OH excluding ortho intramolecular Hbond substituents is 1. The number of ether oxygens (including phenoxy) is 1. The quantitative estimate of drug-likeness (QED) is 0.558. The molecule has 3 N–H and O–H groups in total. The number of hydrogen-bond acceptors (Lipinski definition) is 4. The van der Waals surface area contributed by atoms with Crippen molar-refractivity contribution in [2.45, 2.75) is 18.4 Å². The van der Waals surface area contributed by atoms with E-state index in [1.165, 1.54) is 0 Å². The molecule has 0 saturated carbocycles. The Balaban J connectivity index is 1.45. The van der Waals surface area contributed by atoms with Crippen LogP contribution in [0.1, 0.15) is 22.6 Å². The van der Waals surface area contributed by atoms with Gasteiger partial charge >= 0.3 is 12.1 Å². The summed E-state index contributed by atoms with van der Waals surface area (Å²) >= 11 is 0. The van der Waals surface area contributed by atoms with Crippen LogP contribution in [0.2, 0.25) is 0 Å². The highest BCUT2D eigenvalue weighted by Gasteiger charge is 2.30. The molecular weight excluding hydrogens is 401 g/mol. The van der Waals surface area contributed by atoms with Gasteiger partial charge < -0.3 is 20.3 Å². The Hall–Kier alpha value is -3.87. The van der Waals surface area contributed by atoms with Gasteiger partial charge in [-0.15, -0.1) is 0 Å². The summed E-state index contributed by atoms with van der Waals surface area (Å²) in [6.07, 6.45) is -1.24. The largest absolute Gasteiger partial charge is 0.508 e. The molecule has 3 aromatic rings. The molecular formula is C24H20FNO5. The molecule has 1 unspecified atom stereocenters. The van der Waals surface area contributed by atoms with Gasteiger partial charge in [0.1, 0.15) is 24.2 Å². The summed E-state index contributed by atoms with van der Waals surface area (Å²) in [5.41, 5.74) is 4.21. The summed E-state index contributed by atoms with van der Waals surface area (Å²) in [6.45, 7) is 0.0344. The molecule has 1 aliphatic carbocycles. The maximum Gasteiger partial charge on any atom is 0.407 e. The number of aromatic hydroxyl groups is 1. The lowest BCUT2D eigenvalue weighted by atomic mass is 9.98. The molecule has 3 aromatic carbocycles. The van der Waals surface area contributed by atoms with Crippen LogP contribution in [-0.4, -0.2) is 34.9 Å². The van der Waals surface area contributed by atoms with E-state index in [2.05, 4.69) is 5.32 Å². The van der Waals surface area contributed by atoms with Crippen molar-refractivity contribution in [2.24, 2.45) is 0 Å². The number of halogens is 1. The molecule has 0 heterocycles. The monoisotopic (exact) mass is 421 g/mol. The summed E-state index contributed by atoms with van der Waals surface area (Å²) < 4.78 is 19.3. The Morgan fingerprint density at radius 3 is 2.23 bits per heavy atom. The van der Waals surface area contributed by atoms with E-state index in [0.29, 0.717) is 0 Å². The van der Waals surface area contributed by atoms with Gasteiger partial charge in [-0.1, -0.05) is 48.5 Å². The maximum atomic E-state index is 13.9. The first-order valence-electron chi connectivity index (χ1n) is 9.75. The van der Waals surface area contributed by atoms with E-state index in [-0.39, 0.29) is 30.3 Å². The zero-order chi connectivity index (χ0) is 22.0. The summed E-state index contributed by atoms with van der Waals surface area (Å²) in [5.74, 6) is -2.36. The summed E-state index contributed by atoms with van der Waals surface area (Å²) in [7, 11) is 0. The molecule has 158 valence electrons. The number of alkyl carbamates (subject to hydrolysis) is 1. The Labute approximate surface area is 177 Å². The summed E-state index contributed by atoms with van der Waals surface area (Å²) in [6, 6.07) is 17.6. The highest BCUT2D eigenvalue weighted by molar-refractivity contribution is 5.81. The van der Waals surface area contributed by atoms with Crippen molar-refractivity contribution in [3.05, 3.63) is 89.2 Å². The minimum atomic E-state index is -1.41. The normalized spacial score (nSPS) is 13.2. The predicted molar refractivity (Wildman–Crippen MR) is 111 cm³/mol. The number of rotatable bonds is 6. The second-order valence-electron chi connectivity index (χ2n) is 7.34. The van der Waals surface area contributed by atoms with E-state index < -0.39 is 23.9 Å². The van der Waals surface area contributed by atoms with Crippen molar-refractivity contribution in [2.75, 3.05) is 6.61 Å². The van der Waals surface area contributed by atoms with Gasteiger partial charge in [-0.2, -0.15) is 0 Å². The van der Waals surface area contributed by atoms with E-state index in [4.69, 9.17) is 4.74 Å². The molecule has 1 aliphatic rings. The smallest absolute Gasteiger partial charge is 0.407 e. The number of fused-ring (bicyclic) bond motifs is 3. The second kappa shape index (κ2) is 8.47. The third-order valence-electron chi connectivity index (χ3n) is 5.39. The van der Waals surface area contributed by atoms with Gasteiger partial charge in [0.05, 0.1) is 0 Å². The zero-order valence-electron chi connectivity index (χ0n) is 16.4. The number of benzene rings is 3. The fourth-order valence-corrected chi connectivity index (χ4v) is 3.92. The van der Waals surface area contributed by atoms with Crippen LogP contribution >= 0.6 is 0 Å². The van der Waals surface area contributed by atoms with Gasteiger partial charge in [-0.25, -0.2) is 14.0 Å². The predicted octanol–water partition coefficient (Wildman–Crippen LogP) is 4.07. The molecule has 0 fully saturated rings. The average Bonchev–Trinajstić information content (AvgIpc) is 3.08. The van der Waals surface area contributed by atoms with E-state index in [9.17, 15) is 24.2 Å². The molecule has 31 heavy (non-hydrogen) atoms. The number of carbonyl (C=O) groups is 2. The third kappa shape index (κ3) is 4.21. The number of hydrogen-bond donors (Lipinski definition) is 3. The van der Waals surface area contributed by atoms with Crippen molar-refractivity contribution in [3.8, 4) is 16.9 Å². The number of amides is 1. The number of carbonyl (C=O) groups excluding carboxylic acids is 1. The van der Waals surface area contributed by atoms with Gasteiger partial charge in [-0.3, -0.25) is 0 Å². The van der Waals surface area contributed by atoms with Crippen molar-refractivity contribution < 1.29 is 28.9 Å². The standard InChI is InChI=1S/C24H20FNO5/c25-21-10-9-15(27)11-14(21)12-22(23(28)29)26-24(30)31-13-20-18-7-3-1-5-16(18)17-6-2-4-8-19(17)20/h1-11,20,22,27H,12-13H2,(H,26,30)(H,28,29). The fraction of sp³-hybridized carbons (Fsp3) is 0.167. The third-order valence-corrected chi connectivity index (χ3v) is 5.39. The maximum absolute atomic E-state index is 13.9. The van der Waals surface area contributed by atoms with E-state index >= 15 is 0 Å². The lowest BCUT2D eigenvalue weighted by Gasteiger charge is -2.18. The molecule has 1 atom stereocenters. The Morgan fingerprint density at radius 2 is 1.61 bits per heavy atom. The second-order valence-corrected chi connectivity index (χ2v) is 7.34. The van der Waals surface area contributed by atoms with Crippen molar-refractivity contribution in [3.63, 3.8) is 0 Å². The number of phenols is 1. The average molecular weight is 421 g/mol. The van der Waals surface area contributed by atoms with Crippen LogP contribution < -0.4 is 5.32 Å². The van der Waals surface area contributed by atoms with E-state index in [0.717, 1.165) is 40.5 Å². The molecule has 0 bridgehead atoms. The first-order chi connectivity index (χ1) is 14.9. The van der Waals surface area contributed by atoms with Crippen LogP contribution in [0.15, 0.2) is 66.7 Å². The van der Waals surface area contributed by atoms with Crippen LogP contribution in [0.3, 0.4) is 0 Å². The van der Waals surface area contributed by atoms with Gasteiger partial charge in [0.2, 0.25) is 0 Å². The SMILES string of the molecule is O=C(NC(Cc1cc(O)ccc1F)C(=O)O)OCC1c2ccccc2-c2ccccc21. The Morgan fingerprint density at radius 1 is 1.00 bits per heavy atom. The van der Waals surface area contributed by atoms with Crippen LogP contribution in [-0.2, 0) is 16.0 Å². The minimum Gasteiger partial charge on any atom is -0.508 e. The van der Waals surface area contributed by atoms with Crippen molar-refractivity contribution in [1.82, 2.24) is 5.32 Å². The summed E-state index contributed by atoms with van der Waals surface area (Å²) in [5, 5.41) is 21.2. The highest BCUT2D eigenvalue weighted by Crippen LogP contribution is 2.44. The Kier molecular flexibility index (Phi) is 5.58. The first kappa shape index (κ1) is 20.4. The van der Waals surface area contributed by atoms with Gasteiger partial charge in [0.15, 0.2) is 0 Å². The molecule has 7 heteroatoms. The number of aliphatic carboxylic acids is 1. The molecule has 0 radical (unpaired) electrons. The van der Waals surface area contributed by atoms with Crippen LogP contribution in [0.25, 0.3) is 11.1 Å².